The predicted octanol–water partition coefficient (Wildman–Crippen LogP) is 2.44. The Bertz CT molecular complexity index is 890. The molecule has 1 aromatic carbocycles. The number of nitrogen functional groups attached to an aromatic ring is 1. The highest BCUT2D eigenvalue weighted by molar-refractivity contribution is 6.31. The fraction of sp³-hybridized carbons (Fsp3) is 0.0667. The highest BCUT2D eigenvalue weighted by Crippen LogP contribution is 2.28. The number of benzene rings is 1. The second-order valence-corrected chi connectivity index (χ2v) is 4.96. The molecule has 6 heteroatoms. The lowest BCUT2D eigenvalue weighted by atomic mass is 10.1. The number of nitrogens with zero attached hydrogens (tertiary/aromatic N) is 2. The standard InChI is InChI=1S/C15H12ClN3O2/c1-21-11-6-9(5-10(16)7-11)14-8-13-12(3-2-4-18-13)15(20)19(14)17/h2-8H,17H2,1H3. The zero-order chi connectivity index (χ0) is 15.0. The van der Waals surface area contributed by atoms with Crippen LogP contribution in [0.2, 0.25) is 5.02 Å². The van der Waals surface area contributed by atoms with E-state index in [9.17, 15) is 4.79 Å². The third kappa shape index (κ3) is 2.32. The van der Waals surface area contributed by atoms with Crippen LogP contribution in [0.4, 0.5) is 0 Å². The summed E-state index contributed by atoms with van der Waals surface area (Å²) in [5, 5.41) is 0.968. The van der Waals surface area contributed by atoms with Crippen LogP contribution in [0.25, 0.3) is 22.2 Å². The number of fused-ring (bicyclic) bond motifs is 1. The first-order chi connectivity index (χ1) is 10.1. The molecule has 0 atom stereocenters. The maximum atomic E-state index is 12.3. The van der Waals surface area contributed by atoms with Gasteiger partial charge in [-0.25, -0.2) is 4.68 Å². The molecule has 2 N–H and O–H groups in total. The fourth-order valence-corrected chi connectivity index (χ4v) is 2.43. The zero-order valence-electron chi connectivity index (χ0n) is 11.2. The van der Waals surface area contributed by atoms with Crippen molar-refractivity contribution in [3.8, 4) is 17.0 Å². The molecule has 3 rings (SSSR count). The van der Waals surface area contributed by atoms with Crippen LogP contribution in [0.3, 0.4) is 0 Å². The summed E-state index contributed by atoms with van der Waals surface area (Å²) in [5.41, 5.74) is 1.48. The van der Waals surface area contributed by atoms with E-state index in [1.807, 2.05) is 0 Å². The average Bonchev–Trinajstić information content (AvgIpc) is 2.50. The third-order valence-electron chi connectivity index (χ3n) is 3.22. The Morgan fingerprint density at radius 3 is 2.86 bits per heavy atom. The zero-order valence-corrected chi connectivity index (χ0v) is 12.0. The van der Waals surface area contributed by atoms with Crippen LogP contribution in [-0.4, -0.2) is 16.8 Å². The van der Waals surface area contributed by atoms with Gasteiger partial charge in [-0.15, -0.1) is 0 Å². The minimum Gasteiger partial charge on any atom is -0.497 e. The SMILES string of the molecule is COc1cc(Cl)cc(-c2cc3ncccc3c(=O)n2N)c1. The average molecular weight is 302 g/mol. The van der Waals surface area contributed by atoms with Crippen molar-refractivity contribution in [3.05, 3.63) is 58.0 Å². The van der Waals surface area contributed by atoms with Gasteiger partial charge in [0.25, 0.3) is 5.56 Å². The number of methoxy groups -OCH3 is 1. The van der Waals surface area contributed by atoms with Crippen molar-refractivity contribution in [2.24, 2.45) is 0 Å². The van der Waals surface area contributed by atoms with E-state index in [4.69, 9.17) is 22.2 Å². The van der Waals surface area contributed by atoms with Crippen LogP contribution < -0.4 is 16.1 Å². The van der Waals surface area contributed by atoms with Crippen molar-refractivity contribution in [1.82, 2.24) is 9.66 Å². The molecule has 0 aliphatic heterocycles. The quantitative estimate of drug-likeness (QED) is 0.738. The summed E-state index contributed by atoms with van der Waals surface area (Å²) in [5.74, 6) is 6.50. The molecule has 0 spiro atoms. The van der Waals surface area contributed by atoms with Crippen LogP contribution in [-0.2, 0) is 0 Å². The predicted molar refractivity (Wildman–Crippen MR) is 83.2 cm³/mol. The third-order valence-corrected chi connectivity index (χ3v) is 3.44. The maximum absolute atomic E-state index is 12.3. The number of nitrogens with two attached hydrogens (primary N) is 1. The van der Waals surface area contributed by atoms with Crippen LogP contribution in [0.5, 0.6) is 5.75 Å². The van der Waals surface area contributed by atoms with Crippen molar-refractivity contribution in [3.63, 3.8) is 0 Å². The maximum Gasteiger partial charge on any atom is 0.278 e. The van der Waals surface area contributed by atoms with Gasteiger partial charge >= 0.3 is 0 Å². The highest BCUT2D eigenvalue weighted by atomic mass is 35.5. The summed E-state index contributed by atoms with van der Waals surface area (Å²) in [7, 11) is 1.55. The molecule has 0 saturated carbocycles. The molecule has 0 amide bonds. The van der Waals surface area contributed by atoms with Crippen LogP contribution >= 0.6 is 11.6 Å². The van der Waals surface area contributed by atoms with E-state index < -0.39 is 0 Å². The first-order valence-corrected chi connectivity index (χ1v) is 6.59. The molecule has 2 aromatic heterocycles. The molecule has 0 aliphatic carbocycles. The Hall–Kier alpha value is -2.53. The molecule has 2 heterocycles. The highest BCUT2D eigenvalue weighted by Gasteiger charge is 2.11. The molecule has 0 saturated heterocycles. The van der Waals surface area contributed by atoms with E-state index in [1.54, 1.807) is 49.7 Å². The van der Waals surface area contributed by atoms with Gasteiger partial charge in [0.15, 0.2) is 0 Å². The number of hydrogen-bond donors (Lipinski definition) is 1. The topological polar surface area (TPSA) is 70.1 Å². The van der Waals surface area contributed by atoms with Crippen molar-refractivity contribution < 1.29 is 4.74 Å². The van der Waals surface area contributed by atoms with Crippen molar-refractivity contribution in [2.45, 2.75) is 0 Å². The first-order valence-electron chi connectivity index (χ1n) is 6.21. The molecule has 0 radical (unpaired) electrons. The lowest BCUT2D eigenvalue weighted by Crippen LogP contribution is -2.28. The second kappa shape index (κ2) is 5.10. The first kappa shape index (κ1) is 13.5. The van der Waals surface area contributed by atoms with Gasteiger partial charge in [-0.1, -0.05) is 11.6 Å². The lowest BCUT2D eigenvalue weighted by Gasteiger charge is -2.11. The van der Waals surface area contributed by atoms with Crippen LogP contribution in [0.15, 0.2) is 47.4 Å². The number of rotatable bonds is 2. The molecule has 106 valence electrons. The largest absolute Gasteiger partial charge is 0.497 e. The number of pyridine rings is 2. The van der Waals surface area contributed by atoms with Gasteiger partial charge in [0.2, 0.25) is 0 Å². The van der Waals surface area contributed by atoms with Gasteiger partial charge in [0.05, 0.1) is 23.7 Å². The van der Waals surface area contributed by atoms with E-state index in [0.717, 1.165) is 4.68 Å². The Balaban J connectivity index is 2.32. The molecule has 3 aromatic rings. The molecular weight excluding hydrogens is 290 g/mol. The van der Waals surface area contributed by atoms with E-state index in [-0.39, 0.29) is 5.56 Å². The molecule has 5 nitrogen and oxygen atoms in total. The summed E-state index contributed by atoms with van der Waals surface area (Å²) < 4.78 is 6.28. The van der Waals surface area contributed by atoms with Crippen molar-refractivity contribution >= 4 is 22.5 Å². The summed E-state index contributed by atoms with van der Waals surface area (Å²) in [6.07, 6.45) is 1.63. The lowest BCUT2D eigenvalue weighted by molar-refractivity contribution is 0.415. The second-order valence-electron chi connectivity index (χ2n) is 4.52. The summed E-state index contributed by atoms with van der Waals surface area (Å²) in [6, 6.07) is 10.3. The summed E-state index contributed by atoms with van der Waals surface area (Å²) in [4.78, 5) is 16.5. The Kier molecular flexibility index (Phi) is 3.27. The van der Waals surface area contributed by atoms with Gasteiger partial charge in [0, 0.05) is 16.8 Å². The van der Waals surface area contributed by atoms with Crippen LogP contribution in [0, 0.1) is 0 Å². The van der Waals surface area contributed by atoms with Crippen molar-refractivity contribution in [1.29, 1.82) is 0 Å². The van der Waals surface area contributed by atoms with Gasteiger partial charge in [-0.2, -0.15) is 0 Å². The number of ether oxygens (including phenoxy) is 1. The minimum atomic E-state index is -0.311. The molecule has 0 aliphatic rings. The van der Waals surface area contributed by atoms with Gasteiger partial charge in [-0.05, 0) is 36.4 Å². The molecule has 0 fully saturated rings. The van der Waals surface area contributed by atoms with E-state index >= 15 is 0 Å². The Morgan fingerprint density at radius 1 is 1.29 bits per heavy atom. The molecule has 0 unspecified atom stereocenters. The van der Waals surface area contributed by atoms with Gasteiger partial charge in [0.1, 0.15) is 5.75 Å². The number of aromatic nitrogens is 2. The van der Waals surface area contributed by atoms with E-state index in [0.29, 0.717) is 32.9 Å². The summed E-state index contributed by atoms with van der Waals surface area (Å²) in [6.45, 7) is 0. The Morgan fingerprint density at radius 2 is 2.10 bits per heavy atom. The van der Waals surface area contributed by atoms with E-state index in [2.05, 4.69) is 4.98 Å². The van der Waals surface area contributed by atoms with Crippen molar-refractivity contribution in [2.75, 3.05) is 13.0 Å². The van der Waals surface area contributed by atoms with Crippen LogP contribution in [0.1, 0.15) is 0 Å². The monoisotopic (exact) mass is 301 g/mol. The normalized spacial score (nSPS) is 10.8. The minimum absolute atomic E-state index is 0.311. The smallest absolute Gasteiger partial charge is 0.278 e. The number of halogens is 1. The number of hydrogen-bond acceptors (Lipinski definition) is 4. The van der Waals surface area contributed by atoms with E-state index in [1.165, 1.54) is 0 Å². The Labute approximate surface area is 125 Å². The van der Waals surface area contributed by atoms with Gasteiger partial charge < -0.3 is 10.6 Å². The summed E-state index contributed by atoms with van der Waals surface area (Å²) >= 11 is 6.07. The molecular formula is C15H12ClN3O2. The van der Waals surface area contributed by atoms with Gasteiger partial charge in [-0.3, -0.25) is 9.78 Å². The fourth-order valence-electron chi connectivity index (χ4n) is 2.20. The molecule has 21 heavy (non-hydrogen) atoms. The molecule has 0 bridgehead atoms.